The summed E-state index contributed by atoms with van der Waals surface area (Å²) in [6.45, 7) is 2.43. The highest BCUT2D eigenvalue weighted by atomic mass is 19.1. The molecule has 3 N–H and O–H groups in total. The Kier molecular flexibility index (Phi) is 6.07. The number of carbonyl (C=O) groups is 2. The SMILES string of the molecule is CCCNC(=O)Nc1ccc(F)c(C(=O)C2CNc3ncc(-c4cccnc4)cc32)c1F. The number of nitrogens with zero attached hydrogens (tertiary/aromatic N) is 2. The fourth-order valence-corrected chi connectivity index (χ4v) is 3.58. The Labute approximate surface area is 183 Å². The zero-order valence-electron chi connectivity index (χ0n) is 17.3. The average Bonchev–Trinajstić information content (AvgIpc) is 3.23. The van der Waals surface area contributed by atoms with Crippen LogP contribution in [0.3, 0.4) is 0 Å². The number of benzene rings is 1. The van der Waals surface area contributed by atoms with Crippen LogP contribution in [0.25, 0.3) is 11.1 Å². The Morgan fingerprint density at radius 1 is 1.19 bits per heavy atom. The molecule has 0 bridgehead atoms. The number of fused-ring (bicyclic) bond motifs is 1. The summed E-state index contributed by atoms with van der Waals surface area (Å²) in [6.07, 6.45) is 5.66. The number of Topliss-reactive ketones (excluding diaryl/α,β-unsaturated/α-hetero) is 1. The number of urea groups is 1. The van der Waals surface area contributed by atoms with Crippen molar-refractivity contribution in [2.45, 2.75) is 19.3 Å². The van der Waals surface area contributed by atoms with Crippen LogP contribution in [0.1, 0.15) is 35.2 Å². The molecule has 1 aliphatic heterocycles. The van der Waals surface area contributed by atoms with E-state index >= 15 is 4.39 Å². The number of ketones is 1. The lowest BCUT2D eigenvalue weighted by molar-refractivity contribution is 0.0958. The van der Waals surface area contributed by atoms with Gasteiger partial charge in [0.2, 0.25) is 0 Å². The molecule has 4 rings (SSSR count). The number of amides is 2. The molecule has 0 fully saturated rings. The molecular formula is C23H21F2N5O2. The first-order valence-electron chi connectivity index (χ1n) is 10.2. The van der Waals surface area contributed by atoms with Crippen LogP contribution in [0, 0.1) is 11.6 Å². The first-order valence-corrected chi connectivity index (χ1v) is 10.2. The van der Waals surface area contributed by atoms with Crippen LogP contribution in [0.2, 0.25) is 0 Å². The van der Waals surface area contributed by atoms with Crippen molar-refractivity contribution in [3.63, 3.8) is 0 Å². The van der Waals surface area contributed by atoms with Crippen molar-refractivity contribution in [2.24, 2.45) is 0 Å². The summed E-state index contributed by atoms with van der Waals surface area (Å²) in [5, 5.41) is 7.89. The van der Waals surface area contributed by atoms with E-state index in [1.165, 1.54) is 0 Å². The number of halogens is 2. The van der Waals surface area contributed by atoms with Crippen LogP contribution >= 0.6 is 0 Å². The van der Waals surface area contributed by atoms with E-state index in [2.05, 4.69) is 25.9 Å². The van der Waals surface area contributed by atoms with E-state index in [4.69, 9.17) is 0 Å². The number of rotatable bonds is 6. The van der Waals surface area contributed by atoms with Gasteiger partial charge in [-0.2, -0.15) is 0 Å². The van der Waals surface area contributed by atoms with Gasteiger partial charge in [-0.05, 0) is 30.7 Å². The molecule has 0 aliphatic carbocycles. The molecule has 3 heterocycles. The van der Waals surface area contributed by atoms with Gasteiger partial charge in [0, 0.05) is 48.4 Å². The number of hydrogen-bond acceptors (Lipinski definition) is 5. The lowest BCUT2D eigenvalue weighted by Crippen LogP contribution is -2.30. The third-order valence-electron chi connectivity index (χ3n) is 5.20. The van der Waals surface area contributed by atoms with Crippen molar-refractivity contribution in [3.8, 4) is 11.1 Å². The summed E-state index contributed by atoms with van der Waals surface area (Å²) >= 11 is 0. The van der Waals surface area contributed by atoms with Crippen molar-refractivity contribution < 1.29 is 18.4 Å². The Morgan fingerprint density at radius 2 is 2.03 bits per heavy atom. The van der Waals surface area contributed by atoms with Crippen molar-refractivity contribution in [3.05, 3.63) is 71.7 Å². The lowest BCUT2D eigenvalue weighted by Gasteiger charge is -2.14. The molecule has 1 aliphatic rings. The predicted molar refractivity (Wildman–Crippen MR) is 117 cm³/mol. The molecular weight excluding hydrogens is 416 g/mol. The van der Waals surface area contributed by atoms with E-state index in [9.17, 15) is 14.0 Å². The first kappa shape index (κ1) is 21.4. The number of nitrogens with one attached hydrogen (secondary N) is 3. The van der Waals surface area contributed by atoms with Crippen LogP contribution in [0.15, 0.2) is 48.9 Å². The normalized spacial score (nSPS) is 14.4. The fraction of sp³-hybridized carbons (Fsp3) is 0.217. The Morgan fingerprint density at radius 3 is 2.78 bits per heavy atom. The van der Waals surface area contributed by atoms with E-state index in [-0.39, 0.29) is 12.2 Å². The van der Waals surface area contributed by atoms with Gasteiger partial charge >= 0.3 is 6.03 Å². The third kappa shape index (κ3) is 4.14. The zero-order valence-corrected chi connectivity index (χ0v) is 17.3. The molecule has 0 saturated carbocycles. The van der Waals surface area contributed by atoms with Gasteiger partial charge in [0.05, 0.1) is 17.2 Å². The summed E-state index contributed by atoms with van der Waals surface area (Å²) < 4.78 is 29.7. The first-order chi connectivity index (χ1) is 15.5. The van der Waals surface area contributed by atoms with Gasteiger partial charge in [-0.15, -0.1) is 0 Å². The minimum atomic E-state index is -1.11. The Bertz CT molecular complexity index is 1170. The maximum Gasteiger partial charge on any atom is 0.319 e. The molecule has 1 unspecified atom stereocenters. The standard InChI is InChI=1S/C23H21F2N5O2/c1-2-7-27-23(32)30-18-6-5-17(24)19(20(18)25)21(31)16-12-29-22-15(16)9-14(11-28-22)13-4-3-8-26-10-13/h3-6,8-11,16H,2,7,12H2,1H3,(H,28,29)(H2,27,30,32). The van der Waals surface area contributed by atoms with E-state index in [0.717, 1.165) is 23.3 Å². The molecule has 0 spiro atoms. The topological polar surface area (TPSA) is 96.0 Å². The van der Waals surface area contributed by atoms with E-state index in [1.807, 2.05) is 13.0 Å². The van der Waals surface area contributed by atoms with Crippen LogP contribution < -0.4 is 16.0 Å². The number of aromatic nitrogens is 2. The van der Waals surface area contributed by atoms with Gasteiger partial charge in [0.15, 0.2) is 11.6 Å². The summed E-state index contributed by atoms with van der Waals surface area (Å²) in [6, 6.07) is 6.85. The number of anilines is 2. The van der Waals surface area contributed by atoms with Crippen molar-refractivity contribution in [1.29, 1.82) is 0 Å². The molecule has 7 nitrogen and oxygen atoms in total. The van der Waals surface area contributed by atoms with E-state index < -0.39 is 34.9 Å². The third-order valence-corrected chi connectivity index (χ3v) is 5.20. The van der Waals surface area contributed by atoms with Gasteiger partial charge in [0.1, 0.15) is 11.6 Å². The summed E-state index contributed by atoms with van der Waals surface area (Å²) in [5.74, 6) is -3.16. The molecule has 9 heteroatoms. The quantitative estimate of drug-likeness (QED) is 0.499. The highest BCUT2D eigenvalue weighted by Crippen LogP contribution is 2.36. The number of carbonyl (C=O) groups excluding carboxylic acids is 2. The lowest BCUT2D eigenvalue weighted by atomic mass is 9.91. The molecule has 0 radical (unpaired) electrons. The van der Waals surface area contributed by atoms with Crippen LogP contribution in [0.4, 0.5) is 25.1 Å². The maximum absolute atomic E-state index is 15.1. The maximum atomic E-state index is 15.1. The second-order valence-electron chi connectivity index (χ2n) is 7.37. The molecule has 1 aromatic carbocycles. The van der Waals surface area contributed by atoms with Crippen LogP contribution in [0.5, 0.6) is 0 Å². The molecule has 3 aromatic rings. The monoisotopic (exact) mass is 437 g/mol. The minimum absolute atomic E-state index is 0.158. The van der Waals surface area contributed by atoms with Gasteiger partial charge in [-0.1, -0.05) is 13.0 Å². The number of pyridine rings is 2. The predicted octanol–water partition coefficient (Wildman–Crippen LogP) is 4.35. The smallest absolute Gasteiger partial charge is 0.319 e. The summed E-state index contributed by atoms with van der Waals surface area (Å²) in [7, 11) is 0. The zero-order chi connectivity index (χ0) is 22.7. The average molecular weight is 437 g/mol. The van der Waals surface area contributed by atoms with Crippen LogP contribution in [-0.2, 0) is 0 Å². The van der Waals surface area contributed by atoms with E-state index in [0.29, 0.717) is 24.3 Å². The van der Waals surface area contributed by atoms with Crippen molar-refractivity contribution in [2.75, 3.05) is 23.7 Å². The number of hydrogen-bond donors (Lipinski definition) is 3. The second kappa shape index (κ2) is 9.09. The van der Waals surface area contributed by atoms with Crippen molar-refractivity contribution in [1.82, 2.24) is 15.3 Å². The largest absolute Gasteiger partial charge is 0.369 e. The van der Waals surface area contributed by atoms with Gasteiger partial charge in [-0.25, -0.2) is 18.6 Å². The molecule has 32 heavy (non-hydrogen) atoms. The second-order valence-corrected chi connectivity index (χ2v) is 7.37. The Hall–Kier alpha value is -3.88. The summed E-state index contributed by atoms with van der Waals surface area (Å²) in [4.78, 5) is 33.5. The Balaban J connectivity index is 1.65. The molecule has 164 valence electrons. The molecule has 0 saturated heterocycles. The van der Waals surface area contributed by atoms with Crippen LogP contribution in [-0.4, -0.2) is 34.9 Å². The highest BCUT2D eigenvalue weighted by Gasteiger charge is 2.34. The highest BCUT2D eigenvalue weighted by molar-refractivity contribution is 6.04. The summed E-state index contributed by atoms with van der Waals surface area (Å²) in [5.41, 5.74) is 1.14. The van der Waals surface area contributed by atoms with Crippen molar-refractivity contribution >= 4 is 23.3 Å². The minimum Gasteiger partial charge on any atom is -0.369 e. The molecule has 2 aromatic heterocycles. The van der Waals surface area contributed by atoms with E-state index in [1.54, 1.807) is 30.7 Å². The van der Waals surface area contributed by atoms with Gasteiger partial charge < -0.3 is 16.0 Å². The van der Waals surface area contributed by atoms with Gasteiger partial charge in [-0.3, -0.25) is 9.78 Å². The fourth-order valence-electron chi connectivity index (χ4n) is 3.58. The molecule has 2 amide bonds. The van der Waals surface area contributed by atoms with Gasteiger partial charge in [0.25, 0.3) is 0 Å². The molecule has 1 atom stereocenters.